The SMILES string of the molecule is CN1C[C@H](CN2CC(=O)N([O-])C2=O)CC2c3cccc4[nH]cc(c34)C[C@H]21. The minimum Gasteiger partial charge on any atom is -0.748 e. The maximum absolute atomic E-state index is 11.9. The lowest BCUT2D eigenvalue weighted by Crippen LogP contribution is -2.50. The van der Waals surface area contributed by atoms with Crippen molar-refractivity contribution in [1.82, 2.24) is 19.8 Å². The molecule has 2 aromatic rings. The number of nitrogens with zero attached hydrogens (tertiary/aromatic N) is 3. The number of likely N-dealkylation sites (N-methyl/N-ethyl adjacent to an activating group) is 1. The Kier molecular flexibility index (Phi) is 3.39. The largest absolute Gasteiger partial charge is 0.748 e. The zero-order valence-corrected chi connectivity index (χ0v) is 14.6. The highest BCUT2D eigenvalue weighted by Gasteiger charge is 2.41. The van der Waals surface area contributed by atoms with E-state index in [0.717, 1.165) is 19.4 Å². The van der Waals surface area contributed by atoms with Crippen LogP contribution < -0.4 is 0 Å². The Morgan fingerprint density at radius 2 is 2.15 bits per heavy atom. The molecule has 3 atom stereocenters. The average Bonchev–Trinajstić information content (AvgIpc) is 3.14. The van der Waals surface area contributed by atoms with Crippen LogP contribution in [0.4, 0.5) is 4.79 Å². The van der Waals surface area contributed by atoms with Crippen LogP contribution in [0.3, 0.4) is 0 Å². The number of nitrogens with one attached hydrogen (secondary N) is 1. The second kappa shape index (κ2) is 5.56. The molecule has 0 saturated carbocycles. The summed E-state index contributed by atoms with van der Waals surface area (Å²) in [6.07, 6.45) is 4.12. The van der Waals surface area contributed by atoms with E-state index in [2.05, 4.69) is 41.3 Å². The number of H-pyrrole nitrogens is 1. The Balaban J connectivity index is 1.43. The molecule has 3 heterocycles. The summed E-state index contributed by atoms with van der Waals surface area (Å²) in [5.74, 6) is -0.000742. The molecule has 1 aromatic carbocycles. The summed E-state index contributed by atoms with van der Waals surface area (Å²) in [7, 11) is 2.14. The molecule has 2 fully saturated rings. The van der Waals surface area contributed by atoms with Crippen LogP contribution in [0.1, 0.15) is 23.5 Å². The van der Waals surface area contributed by atoms with Crippen LogP contribution in [-0.4, -0.2) is 64.5 Å². The number of fused-ring (bicyclic) bond motifs is 2. The molecule has 7 heteroatoms. The lowest BCUT2D eigenvalue weighted by atomic mass is 9.72. The van der Waals surface area contributed by atoms with Crippen LogP contribution in [0.25, 0.3) is 10.9 Å². The van der Waals surface area contributed by atoms with Crippen LogP contribution in [0.2, 0.25) is 0 Å². The summed E-state index contributed by atoms with van der Waals surface area (Å²) in [6, 6.07) is 6.17. The molecule has 5 rings (SSSR count). The number of hydrogen-bond acceptors (Lipinski definition) is 4. The fourth-order valence-electron chi connectivity index (χ4n) is 5.17. The van der Waals surface area contributed by atoms with Gasteiger partial charge in [-0.05, 0) is 43.0 Å². The van der Waals surface area contributed by atoms with Gasteiger partial charge in [-0.25, -0.2) is 4.79 Å². The standard InChI is InChI=1S/C19H21N4O3/c1-21-8-11(9-22-10-17(24)23(26)19(22)25)5-14-13-3-2-4-15-18(13)12(7-20-15)6-16(14)21/h2-4,7,11,14,16,20H,5-6,8-10H2,1H3/q-1/t11-,14?,16-/m1/s1. The molecule has 136 valence electrons. The van der Waals surface area contributed by atoms with Gasteiger partial charge in [-0.3, -0.25) is 4.79 Å². The minimum absolute atomic E-state index is 0.0111. The molecule has 1 unspecified atom stereocenters. The van der Waals surface area contributed by atoms with Crippen molar-refractivity contribution in [2.75, 3.05) is 26.7 Å². The molecule has 1 aromatic heterocycles. The monoisotopic (exact) mass is 353 g/mol. The lowest BCUT2D eigenvalue weighted by Gasteiger charge is -2.46. The molecular weight excluding hydrogens is 332 g/mol. The summed E-state index contributed by atoms with van der Waals surface area (Å²) < 4.78 is 0. The number of hydrogen-bond donors (Lipinski definition) is 1. The van der Waals surface area contributed by atoms with Gasteiger partial charge in [0.2, 0.25) is 5.91 Å². The molecule has 3 aliphatic rings. The Morgan fingerprint density at radius 3 is 2.92 bits per heavy atom. The number of imide groups is 1. The van der Waals surface area contributed by atoms with Crippen molar-refractivity contribution in [3.05, 3.63) is 40.7 Å². The maximum atomic E-state index is 11.9. The number of rotatable bonds is 2. The first-order valence-electron chi connectivity index (χ1n) is 9.11. The number of aromatic amines is 1. The predicted molar refractivity (Wildman–Crippen MR) is 96.5 cm³/mol. The van der Waals surface area contributed by atoms with Crippen molar-refractivity contribution < 1.29 is 9.59 Å². The highest BCUT2D eigenvalue weighted by molar-refractivity contribution is 6.02. The lowest BCUT2D eigenvalue weighted by molar-refractivity contribution is -0.123. The number of hydroxylamine groups is 2. The van der Waals surface area contributed by atoms with Gasteiger partial charge in [0, 0.05) is 42.1 Å². The zero-order valence-electron chi connectivity index (χ0n) is 14.6. The third-order valence-corrected chi connectivity index (χ3v) is 6.29. The fourth-order valence-corrected chi connectivity index (χ4v) is 5.17. The molecule has 2 saturated heterocycles. The van der Waals surface area contributed by atoms with E-state index in [9.17, 15) is 14.8 Å². The van der Waals surface area contributed by atoms with Gasteiger partial charge in [-0.2, -0.15) is 0 Å². The average molecular weight is 353 g/mol. The van der Waals surface area contributed by atoms with Crippen molar-refractivity contribution in [2.24, 2.45) is 5.92 Å². The highest BCUT2D eigenvalue weighted by atomic mass is 16.5. The van der Waals surface area contributed by atoms with Gasteiger partial charge in [-0.15, -0.1) is 0 Å². The number of likely N-dealkylation sites (tertiary alicyclic amines) is 1. The number of benzene rings is 1. The number of carbonyl (C=O) groups is 2. The summed E-state index contributed by atoms with van der Waals surface area (Å²) in [4.78, 5) is 30.6. The number of urea groups is 1. The molecule has 0 radical (unpaired) electrons. The second-order valence-corrected chi connectivity index (χ2v) is 7.85. The quantitative estimate of drug-likeness (QED) is 0.836. The third kappa shape index (κ3) is 2.20. The molecule has 7 nitrogen and oxygen atoms in total. The summed E-state index contributed by atoms with van der Waals surface area (Å²) >= 11 is 0. The van der Waals surface area contributed by atoms with Crippen LogP contribution in [0.5, 0.6) is 0 Å². The van der Waals surface area contributed by atoms with Gasteiger partial charge < -0.3 is 25.1 Å². The van der Waals surface area contributed by atoms with E-state index in [1.807, 2.05) is 0 Å². The normalized spacial score (nSPS) is 28.9. The first-order valence-corrected chi connectivity index (χ1v) is 9.11. The van der Waals surface area contributed by atoms with Gasteiger partial charge in [0.1, 0.15) is 6.54 Å². The molecule has 26 heavy (non-hydrogen) atoms. The van der Waals surface area contributed by atoms with E-state index in [4.69, 9.17) is 0 Å². The van der Waals surface area contributed by atoms with E-state index in [1.165, 1.54) is 26.9 Å². The van der Waals surface area contributed by atoms with Gasteiger partial charge in [-0.1, -0.05) is 12.1 Å². The predicted octanol–water partition coefficient (Wildman–Crippen LogP) is 1.89. The molecular formula is C19H21N4O3-. The number of piperidine rings is 1. The van der Waals surface area contributed by atoms with E-state index >= 15 is 0 Å². The van der Waals surface area contributed by atoms with Crippen LogP contribution >= 0.6 is 0 Å². The molecule has 2 aliphatic heterocycles. The summed E-state index contributed by atoms with van der Waals surface area (Å²) in [6.45, 7) is 1.24. The number of aromatic nitrogens is 1. The topological polar surface area (TPSA) is 82.7 Å². The van der Waals surface area contributed by atoms with E-state index in [-0.39, 0.29) is 17.5 Å². The zero-order chi connectivity index (χ0) is 18.0. The Bertz CT molecular complexity index is 907. The van der Waals surface area contributed by atoms with Crippen LogP contribution in [-0.2, 0) is 11.2 Å². The summed E-state index contributed by atoms with van der Waals surface area (Å²) in [5.41, 5.74) is 3.94. The second-order valence-electron chi connectivity index (χ2n) is 7.85. The molecule has 1 aliphatic carbocycles. The first kappa shape index (κ1) is 15.8. The van der Waals surface area contributed by atoms with Crippen LogP contribution in [0, 0.1) is 11.1 Å². The molecule has 1 N–H and O–H groups in total. The fraction of sp³-hybridized carbons (Fsp3) is 0.474. The highest BCUT2D eigenvalue weighted by Crippen LogP contribution is 2.44. The van der Waals surface area contributed by atoms with E-state index in [1.54, 1.807) is 0 Å². The third-order valence-electron chi connectivity index (χ3n) is 6.29. The molecule has 0 bridgehead atoms. The van der Waals surface area contributed by atoms with Crippen molar-refractivity contribution in [2.45, 2.75) is 24.8 Å². The van der Waals surface area contributed by atoms with Crippen LogP contribution in [0.15, 0.2) is 24.4 Å². The van der Waals surface area contributed by atoms with E-state index < -0.39 is 11.9 Å². The van der Waals surface area contributed by atoms with E-state index in [0.29, 0.717) is 18.5 Å². The van der Waals surface area contributed by atoms with Gasteiger partial charge >= 0.3 is 6.03 Å². The number of amides is 3. The smallest absolute Gasteiger partial charge is 0.316 e. The Labute approximate surface area is 151 Å². The maximum Gasteiger partial charge on any atom is 0.316 e. The minimum atomic E-state index is -0.710. The van der Waals surface area contributed by atoms with Gasteiger partial charge in [0.25, 0.3) is 0 Å². The van der Waals surface area contributed by atoms with Crippen molar-refractivity contribution in [1.29, 1.82) is 0 Å². The Hall–Kier alpha value is -2.38. The molecule has 0 spiro atoms. The van der Waals surface area contributed by atoms with Gasteiger partial charge in [0.05, 0.1) is 0 Å². The number of carbonyl (C=O) groups excluding carboxylic acids is 2. The summed E-state index contributed by atoms with van der Waals surface area (Å²) in [5, 5.41) is 12.8. The first-order chi connectivity index (χ1) is 12.5. The molecule has 3 amide bonds. The van der Waals surface area contributed by atoms with Crippen molar-refractivity contribution >= 4 is 22.8 Å². The van der Waals surface area contributed by atoms with Crippen molar-refractivity contribution in [3.63, 3.8) is 0 Å². The Morgan fingerprint density at radius 1 is 1.31 bits per heavy atom. The van der Waals surface area contributed by atoms with Gasteiger partial charge in [0.15, 0.2) is 0 Å². The van der Waals surface area contributed by atoms with Crippen molar-refractivity contribution in [3.8, 4) is 0 Å².